The highest BCUT2D eigenvalue weighted by Crippen LogP contribution is 1.91. The third kappa shape index (κ3) is 20.8. The van der Waals surface area contributed by atoms with Gasteiger partial charge in [0.25, 0.3) is 0 Å². The number of carbonyl (C=O) groups is 3. The molecule has 9 heteroatoms. The molecule has 0 saturated heterocycles. The molecule has 0 aromatic rings. The topological polar surface area (TPSA) is 162 Å². The van der Waals surface area contributed by atoms with E-state index < -0.39 is 17.9 Å². The van der Waals surface area contributed by atoms with Gasteiger partial charge in [-0.25, -0.2) is 0 Å². The monoisotopic (exact) mass is 307 g/mol. The summed E-state index contributed by atoms with van der Waals surface area (Å²) in [7, 11) is 0. The summed E-state index contributed by atoms with van der Waals surface area (Å²) >= 11 is 0. The van der Waals surface area contributed by atoms with Crippen LogP contribution in [0.1, 0.15) is 32.6 Å². The molecule has 0 aliphatic heterocycles. The molecule has 0 aliphatic rings. The Morgan fingerprint density at radius 1 is 1.00 bits per heavy atom. The zero-order valence-corrected chi connectivity index (χ0v) is 12.2. The summed E-state index contributed by atoms with van der Waals surface area (Å²) in [5, 5.41) is 30.6. The van der Waals surface area contributed by atoms with Gasteiger partial charge >= 0.3 is 17.9 Å². The van der Waals surface area contributed by atoms with Crippen LogP contribution in [0.2, 0.25) is 0 Å². The van der Waals surface area contributed by atoms with Crippen molar-refractivity contribution in [2.75, 3.05) is 19.6 Å². The Hall–Kier alpha value is -1.71. The van der Waals surface area contributed by atoms with Crippen molar-refractivity contribution in [2.24, 2.45) is 5.73 Å². The van der Waals surface area contributed by atoms with Gasteiger partial charge in [0.05, 0.1) is 25.6 Å². The Morgan fingerprint density at radius 2 is 1.52 bits per heavy atom. The Kier molecular flexibility index (Phi) is 15.1. The molecule has 1 unspecified atom stereocenters. The van der Waals surface area contributed by atoms with Crippen LogP contribution in [-0.2, 0) is 14.4 Å². The first-order chi connectivity index (χ1) is 9.83. The lowest BCUT2D eigenvalue weighted by molar-refractivity contribution is -0.138. The van der Waals surface area contributed by atoms with E-state index in [4.69, 9.17) is 15.3 Å². The van der Waals surface area contributed by atoms with Crippen LogP contribution >= 0.6 is 0 Å². The van der Waals surface area contributed by atoms with Gasteiger partial charge in [0.15, 0.2) is 0 Å². The number of carboxylic acids is 3. The van der Waals surface area contributed by atoms with Crippen LogP contribution in [0.5, 0.6) is 0 Å². The molecule has 0 amide bonds. The van der Waals surface area contributed by atoms with E-state index in [2.05, 4.69) is 16.4 Å². The lowest BCUT2D eigenvalue weighted by Gasteiger charge is -2.17. The maximum atomic E-state index is 10.5. The molecular weight excluding hydrogens is 282 g/mol. The molecule has 0 aliphatic carbocycles. The Morgan fingerprint density at radius 3 is 1.90 bits per heavy atom. The van der Waals surface area contributed by atoms with Crippen LogP contribution in [-0.4, -0.2) is 59.0 Å². The highest BCUT2D eigenvalue weighted by molar-refractivity contribution is 5.68. The standard InChI is InChI=1S/C10H20N2O4.C2H5NO2/c1-2-3-5-11-8(7-10(15)16)12-6-4-9(13)14;3-1-2(4)5/h8,11-12H,2-7H2,1H3,(H,13,14)(H,15,16);1,3H2,(H,4,5). The van der Waals surface area contributed by atoms with Crippen LogP contribution in [0.25, 0.3) is 0 Å². The molecule has 21 heavy (non-hydrogen) atoms. The van der Waals surface area contributed by atoms with Gasteiger partial charge in [-0.2, -0.15) is 0 Å². The second kappa shape index (κ2) is 14.7. The fourth-order valence-corrected chi connectivity index (χ4v) is 1.20. The van der Waals surface area contributed by atoms with Gasteiger partial charge in [0.1, 0.15) is 0 Å². The Labute approximate surface area is 123 Å². The van der Waals surface area contributed by atoms with E-state index in [1.54, 1.807) is 0 Å². The van der Waals surface area contributed by atoms with Gasteiger partial charge < -0.3 is 31.7 Å². The first-order valence-corrected chi connectivity index (χ1v) is 6.65. The van der Waals surface area contributed by atoms with Gasteiger partial charge in [-0.05, 0) is 13.0 Å². The second-order valence-electron chi connectivity index (χ2n) is 4.15. The minimum absolute atomic E-state index is 0.00836. The highest BCUT2D eigenvalue weighted by atomic mass is 16.4. The van der Waals surface area contributed by atoms with Crippen LogP contribution in [0.4, 0.5) is 0 Å². The van der Waals surface area contributed by atoms with E-state index in [9.17, 15) is 14.4 Å². The maximum absolute atomic E-state index is 10.5. The Bertz CT molecular complexity index is 311. The molecule has 0 saturated carbocycles. The van der Waals surface area contributed by atoms with E-state index in [1.165, 1.54) is 0 Å². The molecule has 0 heterocycles. The molecule has 0 aromatic carbocycles. The summed E-state index contributed by atoms with van der Waals surface area (Å²) in [5.41, 5.74) is 4.57. The number of nitrogens with one attached hydrogen (secondary N) is 2. The van der Waals surface area contributed by atoms with Crippen LogP contribution in [0.3, 0.4) is 0 Å². The normalized spacial score (nSPS) is 11.1. The van der Waals surface area contributed by atoms with Crippen molar-refractivity contribution in [2.45, 2.75) is 38.8 Å². The van der Waals surface area contributed by atoms with Crippen LogP contribution < -0.4 is 16.4 Å². The first-order valence-electron chi connectivity index (χ1n) is 6.65. The average molecular weight is 307 g/mol. The summed E-state index contributed by atoms with van der Waals surface area (Å²) in [6, 6.07) is 0. The maximum Gasteiger partial charge on any atom is 0.317 e. The molecule has 9 nitrogen and oxygen atoms in total. The third-order valence-electron chi connectivity index (χ3n) is 2.20. The first kappa shape index (κ1) is 21.6. The average Bonchev–Trinajstić information content (AvgIpc) is 2.38. The smallest absolute Gasteiger partial charge is 0.317 e. The van der Waals surface area contributed by atoms with Gasteiger partial charge in [-0.1, -0.05) is 13.3 Å². The summed E-state index contributed by atoms with van der Waals surface area (Å²) < 4.78 is 0. The van der Waals surface area contributed by atoms with E-state index in [-0.39, 0.29) is 32.1 Å². The predicted molar refractivity (Wildman–Crippen MR) is 75.9 cm³/mol. The third-order valence-corrected chi connectivity index (χ3v) is 2.20. The van der Waals surface area contributed by atoms with Crippen molar-refractivity contribution in [3.8, 4) is 0 Å². The molecule has 0 aromatic heterocycles. The zero-order valence-electron chi connectivity index (χ0n) is 12.2. The predicted octanol–water partition coefficient (Wildman–Crippen LogP) is -0.729. The molecule has 124 valence electrons. The number of nitrogens with two attached hydrogens (primary N) is 1. The SMILES string of the molecule is CCCCNC(CC(=O)O)NCCC(=O)O.NCC(=O)O. The minimum atomic E-state index is -0.968. The Balaban J connectivity index is 0. The number of unbranched alkanes of at least 4 members (excludes halogenated alkanes) is 1. The molecule has 1 atom stereocenters. The fraction of sp³-hybridized carbons (Fsp3) is 0.750. The number of hydrogen-bond acceptors (Lipinski definition) is 6. The van der Waals surface area contributed by atoms with E-state index in [0.717, 1.165) is 19.4 Å². The van der Waals surface area contributed by atoms with E-state index >= 15 is 0 Å². The van der Waals surface area contributed by atoms with Gasteiger partial charge in [-0.3, -0.25) is 14.4 Å². The lowest BCUT2D eigenvalue weighted by atomic mass is 10.3. The van der Waals surface area contributed by atoms with Gasteiger partial charge in [0, 0.05) is 6.54 Å². The van der Waals surface area contributed by atoms with Gasteiger partial charge in [-0.15, -0.1) is 0 Å². The molecule has 0 radical (unpaired) electrons. The van der Waals surface area contributed by atoms with Crippen molar-refractivity contribution in [3.05, 3.63) is 0 Å². The number of hydrogen-bond donors (Lipinski definition) is 6. The number of carboxylic acid groups (broad SMARTS) is 3. The molecule has 7 N–H and O–H groups in total. The number of aliphatic carboxylic acids is 3. The molecular formula is C12H25N3O6. The number of rotatable bonds is 11. The largest absolute Gasteiger partial charge is 0.481 e. The summed E-state index contributed by atoms with van der Waals surface area (Å²) in [6.07, 6.45) is 1.58. The molecule has 0 fully saturated rings. The van der Waals surface area contributed by atoms with E-state index in [1.807, 2.05) is 6.92 Å². The van der Waals surface area contributed by atoms with Crippen molar-refractivity contribution in [1.29, 1.82) is 0 Å². The molecule has 0 rings (SSSR count). The molecule has 0 spiro atoms. The highest BCUT2D eigenvalue weighted by Gasteiger charge is 2.11. The quantitative estimate of drug-likeness (QED) is 0.213. The minimum Gasteiger partial charge on any atom is -0.481 e. The fourth-order valence-electron chi connectivity index (χ4n) is 1.20. The van der Waals surface area contributed by atoms with Crippen molar-refractivity contribution >= 4 is 17.9 Å². The summed E-state index contributed by atoms with van der Waals surface area (Å²) in [6.45, 7) is 2.77. The van der Waals surface area contributed by atoms with Crippen molar-refractivity contribution in [3.63, 3.8) is 0 Å². The van der Waals surface area contributed by atoms with Gasteiger partial charge in [0.2, 0.25) is 0 Å². The molecule has 0 bridgehead atoms. The summed E-state index contributed by atoms with van der Waals surface area (Å²) in [5.74, 6) is -2.77. The lowest BCUT2D eigenvalue weighted by Crippen LogP contribution is -2.44. The van der Waals surface area contributed by atoms with Crippen molar-refractivity contribution < 1.29 is 29.7 Å². The van der Waals surface area contributed by atoms with E-state index in [0.29, 0.717) is 0 Å². The summed E-state index contributed by atoms with van der Waals surface area (Å²) in [4.78, 5) is 30.1. The zero-order chi connectivity index (χ0) is 16.7. The van der Waals surface area contributed by atoms with Crippen LogP contribution in [0.15, 0.2) is 0 Å². The van der Waals surface area contributed by atoms with Crippen molar-refractivity contribution in [1.82, 2.24) is 10.6 Å². The van der Waals surface area contributed by atoms with Crippen LogP contribution in [0, 0.1) is 0 Å². The second-order valence-corrected chi connectivity index (χ2v) is 4.15.